The molecule has 0 aromatic heterocycles. The van der Waals surface area contributed by atoms with Gasteiger partial charge in [0.15, 0.2) is 17.5 Å². The minimum absolute atomic E-state index is 0.0203. The predicted molar refractivity (Wildman–Crippen MR) is 185 cm³/mol. The number of methoxy groups -OCH3 is 1. The van der Waals surface area contributed by atoms with Gasteiger partial charge in [0, 0.05) is 62.2 Å². The second-order valence-electron chi connectivity index (χ2n) is 12.9. The quantitative estimate of drug-likeness (QED) is 0.0746. The SMILES string of the molecule is C=C(CC(=O)O)NC(CCCN=C(N)N)C(=O)NCCN(C)C(=O)OC1=CCC2(O)C(C)N(C)CC[C@]2(c2c(CC)ccc(OC)c2O)C1. The lowest BCUT2D eigenvalue weighted by molar-refractivity contribution is -0.136. The summed E-state index contributed by atoms with van der Waals surface area (Å²) < 4.78 is 11.4. The smallest absolute Gasteiger partial charge is 0.414 e. The lowest BCUT2D eigenvalue weighted by atomic mass is 9.54. The van der Waals surface area contributed by atoms with Crippen LogP contribution < -0.4 is 26.8 Å². The van der Waals surface area contributed by atoms with E-state index in [1.807, 2.05) is 27.0 Å². The molecule has 3 unspecified atom stereocenters. The van der Waals surface area contributed by atoms with Gasteiger partial charge in [0.25, 0.3) is 0 Å². The molecule has 1 fully saturated rings. The molecule has 15 nitrogen and oxygen atoms in total. The number of aliphatic imine (C=N–C) groups is 1. The number of nitrogens with zero attached hydrogens (tertiary/aromatic N) is 3. The Morgan fingerprint density at radius 2 is 2.00 bits per heavy atom. The van der Waals surface area contributed by atoms with Crippen LogP contribution in [0.3, 0.4) is 0 Å². The fourth-order valence-corrected chi connectivity index (χ4v) is 6.91. The lowest BCUT2D eigenvalue weighted by Crippen LogP contribution is -2.68. The van der Waals surface area contributed by atoms with E-state index < -0.39 is 35.0 Å². The molecular weight excluding hydrogens is 634 g/mol. The van der Waals surface area contributed by atoms with Crippen LogP contribution in [0.2, 0.25) is 0 Å². The number of fused-ring (bicyclic) bond motifs is 1. The number of allylic oxidation sites excluding steroid dienone is 1. The standard InChI is InChI=1S/C34H53N7O8/c1-7-23-10-11-26(48-6)29(44)28(23)33-14-17-40(4)22(3)34(33,47)13-12-24(20-33)49-32(46)41(5)18-16-37-30(45)25(9-8-15-38-31(35)36)39-21(2)19-27(42)43/h10-12,22,25,39,44,47H,2,7-9,13-20H2,1,3-6H3,(H,37,45)(H,42,43)(H4,35,36,38)/t22?,25?,33-,34?/m1/s1. The number of phenolic OH excluding ortho intramolecular Hbond substituents is 1. The zero-order valence-corrected chi connectivity index (χ0v) is 29.3. The van der Waals surface area contributed by atoms with Gasteiger partial charge in [-0.1, -0.05) is 19.6 Å². The summed E-state index contributed by atoms with van der Waals surface area (Å²) in [5.74, 6) is -0.892. The van der Waals surface area contributed by atoms with E-state index in [0.717, 1.165) is 5.56 Å². The Bertz CT molecular complexity index is 1450. The molecule has 49 heavy (non-hydrogen) atoms. The highest BCUT2D eigenvalue weighted by atomic mass is 16.6. The highest BCUT2D eigenvalue weighted by Gasteiger charge is 2.61. The molecule has 1 aliphatic carbocycles. The molecule has 0 bridgehead atoms. The molecule has 1 aliphatic heterocycles. The highest BCUT2D eigenvalue weighted by molar-refractivity contribution is 5.82. The Balaban J connectivity index is 1.72. The topological polar surface area (TPSA) is 225 Å². The molecule has 1 saturated heterocycles. The fourth-order valence-electron chi connectivity index (χ4n) is 6.91. The summed E-state index contributed by atoms with van der Waals surface area (Å²) in [6.45, 7) is 8.79. The summed E-state index contributed by atoms with van der Waals surface area (Å²) in [6, 6.07) is 2.57. The largest absolute Gasteiger partial charge is 0.504 e. The van der Waals surface area contributed by atoms with Crippen molar-refractivity contribution in [3.63, 3.8) is 0 Å². The van der Waals surface area contributed by atoms with Gasteiger partial charge in [0.05, 0.1) is 19.1 Å². The number of hydrogen-bond donors (Lipinski definition) is 7. The van der Waals surface area contributed by atoms with Crippen molar-refractivity contribution in [2.24, 2.45) is 16.5 Å². The number of benzene rings is 1. The first kappa shape index (κ1) is 38.9. The van der Waals surface area contributed by atoms with Gasteiger partial charge in [0.1, 0.15) is 11.8 Å². The van der Waals surface area contributed by atoms with Crippen LogP contribution in [0.4, 0.5) is 4.79 Å². The van der Waals surface area contributed by atoms with E-state index in [4.69, 9.17) is 26.0 Å². The number of carboxylic acid groups (broad SMARTS) is 1. The minimum Gasteiger partial charge on any atom is -0.504 e. The van der Waals surface area contributed by atoms with E-state index in [1.54, 1.807) is 19.2 Å². The molecule has 4 atom stereocenters. The zero-order chi connectivity index (χ0) is 36.5. The molecule has 9 N–H and O–H groups in total. The average molecular weight is 688 g/mol. The number of piperidine rings is 1. The van der Waals surface area contributed by atoms with Gasteiger partial charge in [0.2, 0.25) is 5.91 Å². The van der Waals surface area contributed by atoms with E-state index in [1.165, 1.54) is 12.0 Å². The molecule has 272 valence electrons. The summed E-state index contributed by atoms with van der Waals surface area (Å²) in [4.78, 5) is 44.7. The van der Waals surface area contributed by atoms with E-state index in [-0.39, 0.29) is 62.3 Å². The number of carbonyl (C=O) groups excluding carboxylic acids is 2. The third-order valence-corrected chi connectivity index (χ3v) is 9.78. The number of aliphatic hydroxyl groups is 1. The normalized spacial score (nSPS) is 22.5. The van der Waals surface area contributed by atoms with Crippen molar-refractivity contribution < 1.29 is 39.2 Å². The molecule has 0 spiro atoms. The molecule has 2 amide bonds. The molecule has 15 heteroatoms. The molecule has 0 saturated carbocycles. The van der Waals surface area contributed by atoms with Gasteiger partial charge in [-0.25, -0.2) is 4.79 Å². The summed E-state index contributed by atoms with van der Waals surface area (Å²) in [7, 11) is 4.99. The van der Waals surface area contributed by atoms with Crippen LogP contribution in [0.5, 0.6) is 11.5 Å². The molecule has 1 heterocycles. The molecule has 1 aromatic carbocycles. The first-order valence-electron chi connectivity index (χ1n) is 16.5. The van der Waals surface area contributed by atoms with Crippen molar-refractivity contribution in [1.82, 2.24) is 20.4 Å². The van der Waals surface area contributed by atoms with E-state index in [0.29, 0.717) is 49.3 Å². The maximum Gasteiger partial charge on any atom is 0.414 e. The van der Waals surface area contributed by atoms with Gasteiger partial charge in [-0.05, 0) is 63.9 Å². The van der Waals surface area contributed by atoms with Crippen molar-refractivity contribution in [2.45, 2.75) is 81.9 Å². The van der Waals surface area contributed by atoms with E-state index in [9.17, 15) is 24.6 Å². The molecule has 1 aromatic rings. The number of phenols is 1. The van der Waals surface area contributed by atoms with Crippen LogP contribution in [0.15, 0.2) is 41.2 Å². The number of aromatic hydroxyl groups is 1. The number of amides is 2. The molecular formula is C34H53N7O8. The number of aliphatic carboxylic acids is 1. The number of likely N-dealkylation sites (N-methyl/N-ethyl adjacent to an activating group) is 2. The number of carbonyl (C=O) groups is 3. The predicted octanol–water partition coefficient (Wildman–Crippen LogP) is 1.52. The van der Waals surface area contributed by atoms with Crippen LogP contribution in [-0.4, -0.2) is 114 Å². The van der Waals surface area contributed by atoms with E-state index in [2.05, 4.69) is 27.1 Å². The van der Waals surface area contributed by atoms with Gasteiger partial charge >= 0.3 is 12.1 Å². The summed E-state index contributed by atoms with van der Waals surface area (Å²) in [5.41, 5.74) is 10.2. The number of rotatable bonds is 16. The Hall–Kier alpha value is -4.50. The summed E-state index contributed by atoms with van der Waals surface area (Å²) in [5, 5.41) is 38.6. The number of aryl methyl sites for hydroxylation is 1. The van der Waals surface area contributed by atoms with Crippen molar-refractivity contribution in [3.05, 3.63) is 47.4 Å². The first-order valence-corrected chi connectivity index (χ1v) is 16.5. The monoisotopic (exact) mass is 687 g/mol. The third-order valence-electron chi connectivity index (χ3n) is 9.78. The number of nitrogens with two attached hydrogens (primary N) is 2. The maximum absolute atomic E-state index is 13.3. The Labute approximate surface area is 288 Å². The number of hydrogen-bond acceptors (Lipinski definition) is 10. The minimum atomic E-state index is -1.27. The van der Waals surface area contributed by atoms with Crippen LogP contribution >= 0.6 is 0 Å². The van der Waals surface area contributed by atoms with E-state index >= 15 is 0 Å². The molecule has 0 radical (unpaired) electrons. The molecule has 2 aliphatic rings. The van der Waals surface area contributed by atoms with Gasteiger partial charge < -0.3 is 56.7 Å². The second kappa shape index (κ2) is 16.7. The van der Waals surface area contributed by atoms with Crippen molar-refractivity contribution in [1.29, 1.82) is 0 Å². The van der Waals surface area contributed by atoms with Gasteiger partial charge in [-0.2, -0.15) is 0 Å². The summed E-state index contributed by atoms with van der Waals surface area (Å²) in [6.07, 6.45) is 3.00. The number of nitrogens with one attached hydrogen (secondary N) is 2. The fraction of sp³-hybridized carbons (Fsp3) is 0.588. The van der Waals surface area contributed by atoms with Crippen molar-refractivity contribution in [2.75, 3.05) is 47.4 Å². The Kier molecular flexibility index (Phi) is 13.3. The lowest BCUT2D eigenvalue weighted by Gasteiger charge is -2.59. The number of carboxylic acids is 1. The first-order chi connectivity index (χ1) is 23.1. The van der Waals surface area contributed by atoms with Crippen LogP contribution in [-0.2, 0) is 26.2 Å². The van der Waals surface area contributed by atoms with Crippen molar-refractivity contribution in [3.8, 4) is 11.5 Å². The van der Waals surface area contributed by atoms with Gasteiger partial charge in [-0.3, -0.25) is 14.6 Å². The summed E-state index contributed by atoms with van der Waals surface area (Å²) >= 11 is 0. The highest BCUT2D eigenvalue weighted by Crippen LogP contribution is 2.57. The third kappa shape index (κ3) is 8.95. The Morgan fingerprint density at radius 1 is 1.29 bits per heavy atom. The van der Waals surface area contributed by atoms with Crippen molar-refractivity contribution >= 4 is 23.9 Å². The number of ether oxygens (including phenoxy) is 2. The number of likely N-dealkylation sites (tertiary alicyclic amines) is 1. The second-order valence-corrected chi connectivity index (χ2v) is 12.9. The van der Waals surface area contributed by atoms with Crippen LogP contribution in [0.25, 0.3) is 0 Å². The maximum atomic E-state index is 13.3. The zero-order valence-electron chi connectivity index (χ0n) is 29.3. The molecule has 3 rings (SSSR count). The average Bonchev–Trinajstić information content (AvgIpc) is 3.04. The van der Waals surface area contributed by atoms with Crippen LogP contribution in [0, 0.1) is 0 Å². The van der Waals surface area contributed by atoms with Gasteiger partial charge in [-0.15, -0.1) is 0 Å². The Morgan fingerprint density at radius 3 is 2.63 bits per heavy atom. The number of guanidine groups is 1. The van der Waals surface area contributed by atoms with Crippen LogP contribution in [0.1, 0.15) is 63.5 Å².